The third-order valence-corrected chi connectivity index (χ3v) is 3.47. The summed E-state index contributed by atoms with van der Waals surface area (Å²) in [5.74, 6) is -0.619. The van der Waals surface area contributed by atoms with E-state index in [0.29, 0.717) is 21.4 Å². The molecule has 23 heavy (non-hydrogen) atoms. The molecule has 0 heterocycles. The molecule has 0 aliphatic rings. The molecule has 1 amide bonds. The molecule has 0 unspecified atom stereocenters. The minimum Gasteiger partial charge on any atom is -0.482 e. The van der Waals surface area contributed by atoms with Crippen molar-refractivity contribution in [1.82, 2.24) is 5.43 Å². The summed E-state index contributed by atoms with van der Waals surface area (Å²) in [7, 11) is 0. The highest BCUT2D eigenvalue weighted by molar-refractivity contribution is 6.35. The summed E-state index contributed by atoms with van der Waals surface area (Å²) >= 11 is 17.5. The summed E-state index contributed by atoms with van der Waals surface area (Å²) in [6, 6.07) is 8.48. The molecule has 0 bridgehead atoms. The van der Waals surface area contributed by atoms with Gasteiger partial charge < -0.3 is 4.74 Å². The molecule has 1 N–H and O–H groups in total. The minimum absolute atomic E-state index is 0.187. The average Bonchev–Trinajstić information content (AvgIpc) is 2.48. The largest absolute Gasteiger partial charge is 0.482 e. The van der Waals surface area contributed by atoms with Crippen LogP contribution in [0.25, 0.3) is 0 Å². The second-order valence-electron chi connectivity index (χ2n) is 4.32. The zero-order valence-corrected chi connectivity index (χ0v) is 13.8. The van der Waals surface area contributed by atoms with Crippen LogP contribution in [0.1, 0.15) is 5.56 Å². The summed E-state index contributed by atoms with van der Waals surface area (Å²) < 4.78 is 18.1. The molecule has 0 aliphatic heterocycles. The Morgan fingerprint density at radius 3 is 2.65 bits per heavy atom. The molecule has 0 atom stereocenters. The monoisotopic (exact) mass is 374 g/mol. The number of carbonyl (C=O) groups excluding carboxylic acids is 1. The smallest absolute Gasteiger partial charge is 0.277 e. The zero-order chi connectivity index (χ0) is 16.8. The maximum Gasteiger partial charge on any atom is 0.277 e. The van der Waals surface area contributed by atoms with Gasteiger partial charge in [-0.1, -0.05) is 34.8 Å². The lowest BCUT2D eigenvalue weighted by molar-refractivity contribution is -0.123. The fourth-order valence-corrected chi connectivity index (χ4v) is 2.23. The molecule has 0 aromatic heterocycles. The van der Waals surface area contributed by atoms with Crippen molar-refractivity contribution in [2.24, 2.45) is 5.10 Å². The van der Waals surface area contributed by atoms with Gasteiger partial charge in [-0.3, -0.25) is 4.79 Å². The maximum atomic E-state index is 12.9. The normalized spacial score (nSPS) is 10.8. The fraction of sp³-hybridized carbons (Fsp3) is 0.0667. The Bertz CT molecular complexity index is 753. The summed E-state index contributed by atoms with van der Waals surface area (Å²) in [6.45, 7) is -0.282. The lowest BCUT2D eigenvalue weighted by atomic mass is 10.2. The number of hydrogen-bond donors (Lipinski definition) is 1. The van der Waals surface area contributed by atoms with Crippen LogP contribution in [0.3, 0.4) is 0 Å². The average molecular weight is 376 g/mol. The molecule has 0 saturated carbocycles. The Kier molecular flexibility index (Phi) is 6.21. The van der Waals surface area contributed by atoms with Crippen LogP contribution in [-0.2, 0) is 4.79 Å². The summed E-state index contributed by atoms with van der Waals surface area (Å²) in [5, 5.41) is 4.67. The number of hydrogen-bond acceptors (Lipinski definition) is 3. The second-order valence-corrected chi connectivity index (χ2v) is 5.57. The van der Waals surface area contributed by atoms with E-state index in [-0.39, 0.29) is 11.6 Å². The maximum absolute atomic E-state index is 12.9. The second kappa shape index (κ2) is 8.15. The van der Waals surface area contributed by atoms with Crippen molar-refractivity contribution < 1.29 is 13.9 Å². The molecule has 120 valence electrons. The Hall–Kier alpha value is -1.82. The molecule has 2 rings (SSSR count). The van der Waals surface area contributed by atoms with Crippen molar-refractivity contribution in [3.63, 3.8) is 0 Å². The fourth-order valence-electron chi connectivity index (χ4n) is 1.55. The molecule has 4 nitrogen and oxygen atoms in total. The van der Waals surface area contributed by atoms with E-state index >= 15 is 0 Å². The van der Waals surface area contributed by atoms with Crippen molar-refractivity contribution in [2.45, 2.75) is 0 Å². The van der Waals surface area contributed by atoms with Gasteiger partial charge in [0, 0.05) is 10.6 Å². The number of benzene rings is 2. The zero-order valence-electron chi connectivity index (χ0n) is 11.5. The molecule has 0 saturated heterocycles. The van der Waals surface area contributed by atoms with Crippen molar-refractivity contribution in [3.05, 3.63) is 62.8 Å². The molecule has 0 fully saturated rings. The molecule has 0 spiro atoms. The first kappa shape index (κ1) is 17.5. The standard InChI is InChI=1S/C15H10Cl3FN2O2/c16-10-2-4-14(13(18)5-10)23-8-15(22)21-20-7-9-1-3-11(19)6-12(9)17/h1-7H,8H2,(H,21,22)/b20-7+. The lowest BCUT2D eigenvalue weighted by Crippen LogP contribution is -2.24. The number of halogens is 4. The van der Waals surface area contributed by atoms with Crippen LogP contribution >= 0.6 is 34.8 Å². The van der Waals surface area contributed by atoms with Crippen LogP contribution in [0.15, 0.2) is 41.5 Å². The van der Waals surface area contributed by atoms with Crippen molar-refractivity contribution in [3.8, 4) is 5.75 Å². The number of amides is 1. The Labute approximate surface area is 146 Å². The highest BCUT2D eigenvalue weighted by Crippen LogP contribution is 2.27. The van der Waals surface area contributed by atoms with E-state index in [9.17, 15) is 9.18 Å². The van der Waals surface area contributed by atoms with Gasteiger partial charge in [0.1, 0.15) is 11.6 Å². The van der Waals surface area contributed by atoms with Gasteiger partial charge in [-0.05, 0) is 36.4 Å². The van der Waals surface area contributed by atoms with Gasteiger partial charge in [-0.15, -0.1) is 0 Å². The summed E-state index contributed by atoms with van der Waals surface area (Å²) in [4.78, 5) is 11.6. The quantitative estimate of drug-likeness (QED) is 0.625. The first-order chi connectivity index (χ1) is 11.0. The number of carbonyl (C=O) groups is 1. The first-order valence-electron chi connectivity index (χ1n) is 6.30. The van der Waals surface area contributed by atoms with Crippen LogP contribution in [0.5, 0.6) is 5.75 Å². The molecule has 8 heteroatoms. The van der Waals surface area contributed by atoms with Gasteiger partial charge >= 0.3 is 0 Å². The molecule has 0 aliphatic carbocycles. The van der Waals surface area contributed by atoms with Gasteiger partial charge in [0.25, 0.3) is 5.91 Å². The predicted molar refractivity (Wildman–Crippen MR) is 89.1 cm³/mol. The number of nitrogens with one attached hydrogen (secondary N) is 1. The Morgan fingerprint density at radius 1 is 1.17 bits per heavy atom. The van der Waals surface area contributed by atoms with Gasteiger partial charge in [0.2, 0.25) is 0 Å². The van der Waals surface area contributed by atoms with E-state index in [1.165, 1.54) is 24.4 Å². The van der Waals surface area contributed by atoms with Crippen molar-refractivity contribution in [2.75, 3.05) is 6.61 Å². The third kappa shape index (κ3) is 5.39. The summed E-state index contributed by atoms with van der Waals surface area (Å²) in [5.41, 5.74) is 2.73. The molecular formula is C15H10Cl3FN2O2. The van der Waals surface area contributed by atoms with Crippen molar-refractivity contribution in [1.29, 1.82) is 0 Å². The molecule has 2 aromatic carbocycles. The lowest BCUT2D eigenvalue weighted by Gasteiger charge is -2.07. The van der Waals surface area contributed by atoms with Gasteiger partial charge in [-0.25, -0.2) is 9.82 Å². The van der Waals surface area contributed by atoms with E-state index in [1.807, 2.05) is 0 Å². The SMILES string of the molecule is O=C(COc1ccc(Cl)cc1Cl)N/N=C/c1ccc(F)cc1Cl. The van der Waals surface area contributed by atoms with Crippen molar-refractivity contribution >= 4 is 46.9 Å². The van der Waals surface area contributed by atoms with E-state index in [0.717, 1.165) is 6.07 Å². The van der Waals surface area contributed by atoms with Crippen LogP contribution in [0, 0.1) is 5.82 Å². The van der Waals surface area contributed by atoms with Gasteiger partial charge in [0.15, 0.2) is 6.61 Å². The first-order valence-corrected chi connectivity index (χ1v) is 7.44. The summed E-state index contributed by atoms with van der Waals surface area (Å²) in [6.07, 6.45) is 1.30. The number of ether oxygens (including phenoxy) is 1. The third-order valence-electron chi connectivity index (χ3n) is 2.61. The van der Waals surface area contributed by atoms with Gasteiger partial charge in [0.05, 0.1) is 16.3 Å². The predicted octanol–water partition coefficient (Wildman–Crippen LogP) is 4.32. The number of nitrogens with zero attached hydrogens (tertiary/aromatic N) is 1. The van der Waals surface area contributed by atoms with Crippen LogP contribution in [0.4, 0.5) is 4.39 Å². The van der Waals surface area contributed by atoms with Gasteiger partial charge in [-0.2, -0.15) is 5.10 Å². The van der Waals surface area contributed by atoms with Crippen LogP contribution in [0.2, 0.25) is 15.1 Å². The van der Waals surface area contributed by atoms with E-state index in [4.69, 9.17) is 39.5 Å². The topological polar surface area (TPSA) is 50.7 Å². The molecular weight excluding hydrogens is 366 g/mol. The van der Waals surface area contributed by atoms with Crippen LogP contribution < -0.4 is 10.2 Å². The highest BCUT2D eigenvalue weighted by atomic mass is 35.5. The Morgan fingerprint density at radius 2 is 1.96 bits per heavy atom. The van der Waals surface area contributed by atoms with E-state index in [1.54, 1.807) is 12.1 Å². The number of hydrazone groups is 1. The number of rotatable bonds is 5. The molecule has 2 aromatic rings. The Balaban J connectivity index is 1.86. The van der Waals surface area contributed by atoms with E-state index in [2.05, 4.69) is 10.5 Å². The minimum atomic E-state index is -0.495. The van der Waals surface area contributed by atoms with Crippen LogP contribution in [-0.4, -0.2) is 18.7 Å². The highest BCUT2D eigenvalue weighted by Gasteiger charge is 2.06. The van der Waals surface area contributed by atoms with E-state index < -0.39 is 11.7 Å². The molecule has 0 radical (unpaired) electrons.